The van der Waals surface area contributed by atoms with E-state index >= 15 is 0 Å². The van der Waals surface area contributed by atoms with Crippen molar-refractivity contribution in [1.29, 1.82) is 0 Å². The van der Waals surface area contributed by atoms with Gasteiger partial charge in [-0.1, -0.05) is 77.6 Å². The van der Waals surface area contributed by atoms with Crippen LogP contribution in [0.3, 0.4) is 0 Å². The van der Waals surface area contributed by atoms with Gasteiger partial charge in [0.05, 0.1) is 24.0 Å². The van der Waals surface area contributed by atoms with Crippen molar-refractivity contribution < 1.29 is 14.3 Å². The minimum absolute atomic E-state index is 0.0217. The smallest absolute Gasteiger partial charge is 0.235 e. The van der Waals surface area contributed by atoms with Gasteiger partial charge >= 0.3 is 0 Å². The zero-order valence-electron chi connectivity index (χ0n) is 16.6. The van der Waals surface area contributed by atoms with E-state index in [1.807, 2.05) is 0 Å². The van der Waals surface area contributed by atoms with Crippen LogP contribution in [0.1, 0.15) is 96.8 Å². The summed E-state index contributed by atoms with van der Waals surface area (Å²) in [5, 5.41) is 0. The Hall–Kier alpha value is -0.900. The van der Waals surface area contributed by atoms with E-state index in [0.717, 1.165) is 25.7 Å². The Kier molecular flexibility index (Phi) is 7.53. The average Bonchev–Trinajstić information content (AvgIpc) is 3.31. The normalized spacial score (nSPS) is 29.8. The number of unbranched alkanes of at least 4 members (excludes halogenated alkanes) is 11. The molecule has 0 radical (unpaired) electrons. The number of ether oxygens (including phenoxy) is 1. The lowest BCUT2D eigenvalue weighted by atomic mass is 9.81. The largest absolute Gasteiger partial charge is 0.373 e. The summed E-state index contributed by atoms with van der Waals surface area (Å²) in [5.74, 6) is -0.206. The quantitative estimate of drug-likeness (QED) is 0.347. The molecule has 0 saturated carbocycles. The van der Waals surface area contributed by atoms with Gasteiger partial charge in [-0.15, -0.1) is 0 Å². The summed E-state index contributed by atoms with van der Waals surface area (Å²) >= 11 is 0. The number of likely N-dealkylation sites (tertiary alicyclic amines) is 1. The summed E-state index contributed by atoms with van der Waals surface area (Å²) in [5.41, 5.74) is 0. The third-order valence-electron chi connectivity index (χ3n) is 6.61. The van der Waals surface area contributed by atoms with Gasteiger partial charge in [-0.3, -0.25) is 14.5 Å². The summed E-state index contributed by atoms with van der Waals surface area (Å²) < 4.78 is 5.78. The van der Waals surface area contributed by atoms with Gasteiger partial charge in [0.1, 0.15) is 0 Å². The van der Waals surface area contributed by atoms with Crippen molar-refractivity contribution in [2.24, 2.45) is 11.8 Å². The highest BCUT2D eigenvalue weighted by Crippen LogP contribution is 2.48. The summed E-state index contributed by atoms with van der Waals surface area (Å²) in [6.45, 7) is 2.89. The molecule has 148 valence electrons. The third-order valence-corrected chi connectivity index (χ3v) is 6.61. The van der Waals surface area contributed by atoms with Crippen molar-refractivity contribution in [3.8, 4) is 0 Å². The molecule has 3 aliphatic heterocycles. The highest BCUT2D eigenvalue weighted by molar-refractivity contribution is 6.06. The van der Waals surface area contributed by atoms with Gasteiger partial charge in [-0.2, -0.15) is 0 Å². The fraction of sp³-hybridized carbons (Fsp3) is 0.909. The molecule has 0 spiro atoms. The van der Waals surface area contributed by atoms with Gasteiger partial charge in [0, 0.05) is 6.54 Å². The Morgan fingerprint density at radius 3 is 1.62 bits per heavy atom. The first kappa shape index (κ1) is 19.9. The van der Waals surface area contributed by atoms with Crippen LogP contribution in [0.4, 0.5) is 0 Å². The van der Waals surface area contributed by atoms with Crippen molar-refractivity contribution in [1.82, 2.24) is 4.90 Å². The van der Waals surface area contributed by atoms with Crippen LogP contribution in [0.5, 0.6) is 0 Å². The number of carbonyl (C=O) groups excluding carboxylic acids is 2. The van der Waals surface area contributed by atoms with Crippen molar-refractivity contribution in [2.45, 2.75) is 109 Å². The van der Waals surface area contributed by atoms with E-state index < -0.39 is 0 Å². The number of imide groups is 1. The molecule has 26 heavy (non-hydrogen) atoms. The number of fused-ring (bicyclic) bond motifs is 5. The fourth-order valence-electron chi connectivity index (χ4n) is 5.11. The molecular weight excluding hydrogens is 326 g/mol. The first-order valence-electron chi connectivity index (χ1n) is 11.2. The standard InChI is InChI=1S/C22H37NO3/c1-2-3-4-5-6-7-8-9-10-11-12-13-16-23-21(24)19-17-14-15-18(26-17)20(19)22(23)25/h17-20H,2-16H2,1H3/t17-,18-,19?,20?/m1/s1. The minimum Gasteiger partial charge on any atom is -0.373 e. The molecular formula is C22H37NO3. The van der Waals surface area contributed by atoms with Gasteiger partial charge in [0.2, 0.25) is 11.8 Å². The molecule has 3 aliphatic rings. The van der Waals surface area contributed by atoms with E-state index in [9.17, 15) is 9.59 Å². The van der Waals surface area contributed by atoms with Gasteiger partial charge in [0.25, 0.3) is 0 Å². The number of hydrogen-bond acceptors (Lipinski definition) is 3. The Morgan fingerprint density at radius 2 is 1.15 bits per heavy atom. The summed E-state index contributed by atoms with van der Waals surface area (Å²) in [6.07, 6.45) is 17.6. The molecule has 0 aromatic heterocycles. The first-order valence-corrected chi connectivity index (χ1v) is 11.2. The van der Waals surface area contributed by atoms with E-state index in [1.54, 1.807) is 4.90 Å². The van der Waals surface area contributed by atoms with Crippen LogP contribution in [-0.4, -0.2) is 35.5 Å². The second-order valence-corrected chi connectivity index (χ2v) is 8.56. The molecule has 3 heterocycles. The van der Waals surface area contributed by atoms with Crippen molar-refractivity contribution in [3.63, 3.8) is 0 Å². The maximum Gasteiger partial charge on any atom is 0.235 e. The topological polar surface area (TPSA) is 46.6 Å². The highest BCUT2D eigenvalue weighted by atomic mass is 16.5. The average molecular weight is 364 g/mol. The summed E-state index contributed by atoms with van der Waals surface area (Å²) in [7, 11) is 0. The fourth-order valence-corrected chi connectivity index (χ4v) is 5.11. The third kappa shape index (κ3) is 4.49. The first-order chi connectivity index (χ1) is 12.7. The summed E-state index contributed by atoms with van der Waals surface area (Å²) in [4.78, 5) is 26.6. The van der Waals surface area contributed by atoms with Crippen LogP contribution in [-0.2, 0) is 14.3 Å². The molecule has 4 nitrogen and oxygen atoms in total. The van der Waals surface area contributed by atoms with Crippen LogP contribution >= 0.6 is 0 Å². The van der Waals surface area contributed by atoms with E-state index in [0.29, 0.717) is 6.54 Å². The van der Waals surface area contributed by atoms with E-state index in [4.69, 9.17) is 4.74 Å². The van der Waals surface area contributed by atoms with Crippen molar-refractivity contribution in [3.05, 3.63) is 0 Å². The van der Waals surface area contributed by atoms with Crippen LogP contribution in [0.15, 0.2) is 0 Å². The molecule has 4 atom stereocenters. The molecule has 2 unspecified atom stereocenters. The molecule has 0 aliphatic carbocycles. The molecule has 4 heteroatoms. The number of hydrogen-bond donors (Lipinski definition) is 0. The second kappa shape index (κ2) is 9.87. The van der Waals surface area contributed by atoms with Gasteiger partial charge in [0.15, 0.2) is 0 Å². The molecule has 2 bridgehead atoms. The molecule has 0 N–H and O–H groups in total. The molecule has 3 saturated heterocycles. The SMILES string of the molecule is CCCCCCCCCCCCCCN1C(=O)C2C(C1=O)[C@H]1CC[C@H]2O1. The molecule has 2 amide bonds. The zero-order chi connectivity index (χ0) is 18.4. The zero-order valence-corrected chi connectivity index (χ0v) is 16.6. The monoisotopic (exact) mass is 363 g/mol. The lowest BCUT2D eigenvalue weighted by molar-refractivity contribution is -0.142. The van der Waals surface area contributed by atoms with Crippen LogP contribution in [0.2, 0.25) is 0 Å². The van der Waals surface area contributed by atoms with Crippen molar-refractivity contribution >= 4 is 11.8 Å². The van der Waals surface area contributed by atoms with Gasteiger partial charge in [-0.05, 0) is 19.3 Å². The highest BCUT2D eigenvalue weighted by Gasteiger charge is 2.62. The second-order valence-electron chi connectivity index (χ2n) is 8.56. The Labute approximate surface area is 159 Å². The Bertz CT molecular complexity index is 450. The van der Waals surface area contributed by atoms with Gasteiger partial charge in [-0.25, -0.2) is 0 Å². The lowest BCUT2D eigenvalue weighted by Gasteiger charge is -2.17. The maximum absolute atomic E-state index is 12.5. The van der Waals surface area contributed by atoms with E-state index in [-0.39, 0.29) is 35.9 Å². The Morgan fingerprint density at radius 1 is 0.731 bits per heavy atom. The van der Waals surface area contributed by atoms with Crippen LogP contribution in [0, 0.1) is 11.8 Å². The molecule has 3 fully saturated rings. The lowest BCUT2D eigenvalue weighted by Crippen LogP contribution is -2.35. The van der Waals surface area contributed by atoms with E-state index in [2.05, 4.69) is 6.92 Å². The predicted molar refractivity (Wildman–Crippen MR) is 103 cm³/mol. The van der Waals surface area contributed by atoms with E-state index in [1.165, 1.54) is 64.2 Å². The minimum atomic E-state index is -0.154. The van der Waals surface area contributed by atoms with Crippen LogP contribution < -0.4 is 0 Å². The number of rotatable bonds is 13. The van der Waals surface area contributed by atoms with Gasteiger partial charge < -0.3 is 4.74 Å². The number of nitrogens with zero attached hydrogens (tertiary/aromatic N) is 1. The van der Waals surface area contributed by atoms with Crippen molar-refractivity contribution in [2.75, 3.05) is 6.54 Å². The van der Waals surface area contributed by atoms with Crippen LogP contribution in [0.25, 0.3) is 0 Å². The molecule has 0 aromatic carbocycles. The molecule has 0 aromatic rings. The Balaban J connectivity index is 1.21. The predicted octanol–water partition coefficient (Wildman–Crippen LogP) is 4.85. The number of carbonyl (C=O) groups is 2. The number of amides is 2. The molecule has 3 rings (SSSR count). The maximum atomic E-state index is 12.5. The summed E-state index contributed by atoms with van der Waals surface area (Å²) in [6, 6.07) is 0.